The van der Waals surface area contributed by atoms with Gasteiger partial charge in [-0.2, -0.15) is 0 Å². The minimum atomic E-state index is -0.114. The highest BCUT2D eigenvalue weighted by atomic mass is 35.5. The number of rotatable bonds is 3. The van der Waals surface area contributed by atoms with Gasteiger partial charge in [0.15, 0.2) is 0 Å². The van der Waals surface area contributed by atoms with E-state index in [1.54, 1.807) is 0 Å². The molecule has 5 heteroatoms. The van der Waals surface area contributed by atoms with Crippen LogP contribution >= 0.6 is 11.6 Å². The van der Waals surface area contributed by atoms with E-state index < -0.39 is 0 Å². The molecule has 1 unspecified atom stereocenters. The Bertz CT molecular complexity index is 479. The Morgan fingerprint density at radius 3 is 2.60 bits per heavy atom. The molecule has 2 rings (SSSR count). The van der Waals surface area contributed by atoms with Crippen LogP contribution in [-0.2, 0) is 10.2 Å². The zero-order valence-corrected chi connectivity index (χ0v) is 13.8. The lowest BCUT2D eigenvalue weighted by atomic mass is 9.95. The van der Waals surface area contributed by atoms with Crippen molar-refractivity contribution in [3.8, 4) is 0 Å². The molecule has 0 aliphatic carbocycles. The maximum absolute atomic E-state index is 6.28. The minimum Gasteiger partial charge on any atom is -0.376 e. The van der Waals surface area contributed by atoms with Crippen LogP contribution < -0.4 is 4.90 Å². The Morgan fingerprint density at radius 1 is 1.35 bits per heavy atom. The molecular weight excluding hydrogens is 274 g/mol. The molecular formula is C15H24ClN3O. The highest BCUT2D eigenvalue weighted by Crippen LogP contribution is 2.28. The van der Waals surface area contributed by atoms with Gasteiger partial charge in [0.05, 0.1) is 6.10 Å². The van der Waals surface area contributed by atoms with Gasteiger partial charge in [-0.3, -0.25) is 0 Å². The van der Waals surface area contributed by atoms with E-state index in [4.69, 9.17) is 21.3 Å². The second-order valence-electron chi connectivity index (χ2n) is 6.55. The van der Waals surface area contributed by atoms with Crippen LogP contribution in [0.4, 0.5) is 5.82 Å². The largest absolute Gasteiger partial charge is 0.376 e. The Kier molecular flexibility index (Phi) is 4.55. The summed E-state index contributed by atoms with van der Waals surface area (Å²) in [6, 6.07) is 0. The van der Waals surface area contributed by atoms with Crippen molar-refractivity contribution in [2.75, 3.05) is 25.1 Å². The lowest BCUT2D eigenvalue weighted by molar-refractivity contribution is 0.116. The number of hydrogen-bond donors (Lipinski definition) is 0. The molecule has 0 radical (unpaired) electrons. The molecule has 0 bridgehead atoms. The first-order valence-corrected chi connectivity index (χ1v) is 7.54. The lowest BCUT2D eigenvalue weighted by Crippen LogP contribution is -2.31. The molecule has 112 valence electrons. The molecule has 0 N–H and O–H groups in total. The first-order valence-electron chi connectivity index (χ1n) is 7.16. The average molecular weight is 298 g/mol. The highest BCUT2D eigenvalue weighted by molar-refractivity contribution is 6.30. The van der Waals surface area contributed by atoms with Crippen molar-refractivity contribution in [3.05, 3.63) is 16.5 Å². The zero-order chi connectivity index (χ0) is 14.9. The van der Waals surface area contributed by atoms with Gasteiger partial charge >= 0.3 is 0 Å². The Labute approximate surface area is 126 Å². The quantitative estimate of drug-likeness (QED) is 0.802. The smallest absolute Gasteiger partial charge is 0.137 e. The molecule has 1 aliphatic heterocycles. The van der Waals surface area contributed by atoms with Gasteiger partial charge in [-0.05, 0) is 19.8 Å². The number of nitrogens with zero attached hydrogens (tertiary/aromatic N) is 3. The van der Waals surface area contributed by atoms with Crippen LogP contribution in [-0.4, -0.2) is 36.3 Å². The fourth-order valence-corrected chi connectivity index (χ4v) is 2.53. The predicted octanol–water partition coefficient (Wildman–Crippen LogP) is 3.35. The molecule has 4 nitrogen and oxygen atoms in total. The first kappa shape index (κ1) is 15.5. The molecule has 2 heterocycles. The third kappa shape index (κ3) is 3.41. The second-order valence-corrected chi connectivity index (χ2v) is 6.91. The molecule has 1 saturated heterocycles. The third-order valence-electron chi connectivity index (χ3n) is 3.59. The van der Waals surface area contributed by atoms with Gasteiger partial charge in [0.2, 0.25) is 0 Å². The summed E-state index contributed by atoms with van der Waals surface area (Å²) in [7, 11) is 2.04. The van der Waals surface area contributed by atoms with Crippen molar-refractivity contribution in [2.45, 2.75) is 52.1 Å². The van der Waals surface area contributed by atoms with Gasteiger partial charge < -0.3 is 9.64 Å². The van der Waals surface area contributed by atoms with E-state index in [1.807, 2.05) is 14.0 Å². The Balaban J connectivity index is 2.27. The van der Waals surface area contributed by atoms with Crippen LogP contribution in [0.25, 0.3) is 0 Å². The van der Waals surface area contributed by atoms with Crippen molar-refractivity contribution in [1.82, 2.24) is 9.97 Å². The summed E-state index contributed by atoms with van der Waals surface area (Å²) in [6.45, 7) is 9.97. The Morgan fingerprint density at radius 2 is 2.05 bits per heavy atom. The summed E-state index contributed by atoms with van der Waals surface area (Å²) in [6.07, 6.45) is 2.56. The summed E-state index contributed by atoms with van der Waals surface area (Å²) in [5, 5.41) is 0.541. The topological polar surface area (TPSA) is 38.2 Å². The van der Waals surface area contributed by atoms with E-state index in [2.05, 4.69) is 30.7 Å². The fourth-order valence-electron chi connectivity index (χ4n) is 2.37. The van der Waals surface area contributed by atoms with Crippen LogP contribution in [0.15, 0.2) is 0 Å². The van der Waals surface area contributed by atoms with Crippen molar-refractivity contribution >= 4 is 17.4 Å². The minimum absolute atomic E-state index is 0.114. The van der Waals surface area contributed by atoms with Gasteiger partial charge in [0, 0.05) is 31.2 Å². The highest BCUT2D eigenvalue weighted by Gasteiger charge is 2.24. The van der Waals surface area contributed by atoms with Gasteiger partial charge in [-0.15, -0.1) is 0 Å². The van der Waals surface area contributed by atoms with Gasteiger partial charge in [-0.1, -0.05) is 32.4 Å². The van der Waals surface area contributed by atoms with Gasteiger partial charge in [-0.25, -0.2) is 9.97 Å². The third-order valence-corrected chi connectivity index (χ3v) is 3.96. The number of halogens is 1. The van der Waals surface area contributed by atoms with Gasteiger partial charge in [0.1, 0.15) is 16.8 Å². The predicted molar refractivity (Wildman–Crippen MR) is 82.7 cm³/mol. The molecule has 1 aromatic heterocycles. The zero-order valence-electron chi connectivity index (χ0n) is 13.0. The molecule has 0 aromatic carbocycles. The average Bonchev–Trinajstić information content (AvgIpc) is 2.83. The van der Waals surface area contributed by atoms with E-state index in [0.717, 1.165) is 43.2 Å². The van der Waals surface area contributed by atoms with Crippen LogP contribution in [0.2, 0.25) is 5.15 Å². The van der Waals surface area contributed by atoms with E-state index in [-0.39, 0.29) is 5.41 Å². The standard InChI is InChI=1S/C15H24ClN3O/c1-10-12(16)17-14(15(2,3)4)18-13(10)19(5)9-11-7-6-8-20-11/h11H,6-9H2,1-5H3. The number of ether oxygens (including phenoxy) is 1. The van der Waals surface area contributed by atoms with E-state index in [9.17, 15) is 0 Å². The summed E-state index contributed by atoms with van der Waals surface area (Å²) >= 11 is 6.28. The number of hydrogen-bond acceptors (Lipinski definition) is 4. The molecule has 1 aliphatic rings. The van der Waals surface area contributed by atoms with Crippen molar-refractivity contribution in [3.63, 3.8) is 0 Å². The van der Waals surface area contributed by atoms with Crippen LogP contribution in [0.3, 0.4) is 0 Å². The SMILES string of the molecule is Cc1c(Cl)nc(C(C)(C)C)nc1N(C)CC1CCCO1. The number of aromatic nitrogens is 2. The van der Waals surface area contributed by atoms with Crippen molar-refractivity contribution in [2.24, 2.45) is 0 Å². The van der Waals surface area contributed by atoms with E-state index in [0.29, 0.717) is 11.3 Å². The Hall–Kier alpha value is -0.870. The maximum atomic E-state index is 6.28. The molecule has 0 saturated carbocycles. The molecule has 20 heavy (non-hydrogen) atoms. The lowest BCUT2D eigenvalue weighted by Gasteiger charge is -2.26. The van der Waals surface area contributed by atoms with Crippen molar-refractivity contribution in [1.29, 1.82) is 0 Å². The molecule has 1 aromatic rings. The molecule has 1 atom stereocenters. The molecule has 0 amide bonds. The number of likely N-dealkylation sites (N-methyl/N-ethyl adjacent to an activating group) is 1. The van der Waals surface area contributed by atoms with Crippen LogP contribution in [0.5, 0.6) is 0 Å². The van der Waals surface area contributed by atoms with E-state index >= 15 is 0 Å². The second kappa shape index (κ2) is 5.86. The summed E-state index contributed by atoms with van der Waals surface area (Å²) in [5.74, 6) is 1.69. The first-order chi connectivity index (χ1) is 9.29. The van der Waals surface area contributed by atoms with Crippen LogP contribution in [0, 0.1) is 6.92 Å². The van der Waals surface area contributed by atoms with Crippen molar-refractivity contribution < 1.29 is 4.74 Å². The van der Waals surface area contributed by atoms with E-state index in [1.165, 1.54) is 0 Å². The fraction of sp³-hybridized carbons (Fsp3) is 0.733. The number of anilines is 1. The summed E-state index contributed by atoms with van der Waals surface area (Å²) in [5.41, 5.74) is 0.816. The maximum Gasteiger partial charge on any atom is 0.137 e. The van der Waals surface area contributed by atoms with Gasteiger partial charge in [0.25, 0.3) is 0 Å². The molecule has 1 fully saturated rings. The summed E-state index contributed by atoms with van der Waals surface area (Å²) < 4.78 is 5.69. The molecule has 0 spiro atoms. The van der Waals surface area contributed by atoms with Crippen LogP contribution in [0.1, 0.15) is 45.0 Å². The normalized spacial score (nSPS) is 19.4. The monoisotopic (exact) mass is 297 g/mol. The summed E-state index contributed by atoms with van der Waals surface area (Å²) in [4.78, 5) is 11.3.